The average Bonchev–Trinajstić information content (AvgIpc) is 2.27. The smallest absolute Gasteiger partial charge is 0.0669 e. The van der Waals surface area contributed by atoms with Crippen molar-refractivity contribution in [1.82, 2.24) is 5.32 Å². The van der Waals surface area contributed by atoms with E-state index in [4.69, 9.17) is 5.26 Å². The summed E-state index contributed by atoms with van der Waals surface area (Å²) in [7, 11) is 0. The van der Waals surface area contributed by atoms with Crippen molar-refractivity contribution in [3.05, 3.63) is 34.3 Å². The molecule has 0 radical (unpaired) electrons. The van der Waals surface area contributed by atoms with Gasteiger partial charge in [0.1, 0.15) is 0 Å². The molecule has 0 fully saturated rings. The number of hydrogen-bond donors (Lipinski definition) is 1. The second-order valence-corrected chi connectivity index (χ2v) is 4.31. The molecule has 80 valence electrons. The summed E-state index contributed by atoms with van der Waals surface area (Å²) in [6.07, 6.45) is 0.902. The summed E-state index contributed by atoms with van der Waals surface area (Å²) in [4.78, 5) is 0. The summed E-state index contributed by atoms with van der Waals surface area (Å²) in [5.74, 6) is 0.118. The van der Waals surface area contributed by atoms with Crippen molar-refractivity contribution in [2.45, 2.75) is 19.9 Å². The van der Waals surface area contributed by atoms with Crippen LogP contribution in [0.3, 0.4) is 0 Å². The Balaban J connectivity index is 2.39. The van der Waals surface area contributed by atoms with E-state index in [9.17, 15) is 0 Å². The molecule has 0 saturated carbocycles. The summed E-state index contributed by atoms with van der Waals surface area (Å²) in [6, 6.07) is 10.4. The zero-order valence-electron chi connectivity index (χ0n) is 8.83. The van der Waals surface area contributed by atoms with Crippen molar-refractivity contribution in [2.24, 2.45) is 5.92 Å². The minimum Gasteiger partial charge on any atom is -0.311 e. The molecule has 0 saturated heterocycles. The van der Waals surface area contributed by atoms with E-state index >= 15 is 0 Å². The molecule has 15 heavy (non-hydrogen) atoms. The van der Waals surface area contributed by atoms with Crippen LogP contribution in [0.4, 0.5) is 0 Å². The van der Waals surface area contributed by atoms with Gasteiger partial charge in [0.15, 0.2) is 0 Å². The van der Waals surface area contributed by atoms with Crippen molar-refractivity contribution in [3.63, 3.8) is 0 Å². The van der Waals surface area contributed by atoms with Crippen molar-refractivity contribution in [3.8, 4) is 6.07 Å². The van der Waals surface area contributed by atoms with Crippen molar-refractivity contribution < 1.29 is 0 Å². The van der Waals surface area contributed by atoms with Gasteiger partial charge in [-0.1, -0.05) is 41.1 Å². The summed E-state index contributed by atoms with van der Waals surface area (Å²) in [5.41, 5.74) is 1.23. The number of nitrogens with zero attached hydrogens (tertiary/aromatic N) is 1. The van der Waals surface area contributed by atoms with E-state index in [1.165, 1.54) is 5.56 Å². The number of benzene rings is 1. The first-order valence-corrected chi connectivity index (χ1v) is 5.91. The fourth-order valence-corrected chi connectivity index (χ4v) is 1.73. The molecule has 0 aliphatic carbocycles. The van der Waals surface area contributed by atoms with E-state index in [2.05, 4.69) is 33.4 Å². The summed E-state index contributed by atoms with van der Waals surface area (Å²) < 4.78 is 1.11. The standard InChI is InChI=1S/C12H15BrN2/c1-2-10(7-14)8-15-9-11-5-3-4-6-12(11)13/h3-6,10,15H,2,8-9H2,1H3. The Morgan fingerprint density at radius 1 is 1.47 bits per heavy atom. The molecular formula is C12H15BrN2. The zero-order chi connectivity index (χ0) is 11.1. The molecule has 1 atom stereocenters. The molecule has 1 aromatic carbocycles. The van der Waals surface area contributed by atoms with Gasteiger partial charge in [0.2, 0.25) is 0 Å². The molecule has 0 bridgehead atoms. The van der Waals surface area contributed by atoms with Crippen LogP contribution in [0.15, 0.2) is 28.7 Å². The number of halogens is 1. The van der Waals surface area contributed by atoms with E-state index in [1.54, 1.807) is 0 Å². The highest BCUT2D eigenvalue weighted by Gasteiger charge is 2.03. The Hall–Kier alpha value is -0.850. The lowest BCUT2D eigenvalue weighted by Crippen LogP contribution is -2.21. The third kappa shape index (κ3) is 4.03. The minimum absolute atomic E-state index is 0.118. The van der Waals surface area contributed by atoms with Crippen molar-refractivity contribution >= 4 is 15.9 Å². The Morgan fingerprint density at radius 3 is 2.80 bits per heavy atom. The normalized spacial score (nSPS) is 12.1. The predicted molar refractivity (Wildman–Crippen MR) is 65.2 cm³/mol. The largest absolute Gasteiger partial charge is 0.311 e. The lowest BCUT2D eigenvalue weighted by atomic mass is 10.1. The quantitative estimate of drug-likeness (QED) is 0.889. The third-order valence-corrected chi connectivity index (χ3v) is 3.11. The highest BCUT2D eigenvalue weighted by Crippen LogP contribution is 2.15. The first-order chi connectivity index (χ1) is 7.27. The van der Waals surface area contributed by atoms with Gasteiger partial charge < -0.3 is 5.32 Å². The van der Waals surface area contributed by atoms with Crippen LogP contribution >= 0.6 is 15.9 Å². The molecule has 0 spiro atoms. The van der Waals surface area contributed by atoms with E-state index in [0.717, 1.165) is 24.0 Å². The maximum atomic E-state index is 8.78. The van der Waals surface area contributed by atoms with Gasteiger partial charge in [0.25, 0.3) is 0 Å². The monoisotopic (exact) mass is 266 g/mol. The van der Waals surface area contributed by atoms with E-state index < -0.39 is 0 Å². The second kappa shape index (κ2) is 6.60. The minimum atomic E-state index is 0.118. The fraction of sp³-hybridized carbons (Fsp3) is 0.417. The Bertz CT molecular complexity index is 344. The Kier molecular flexibility index (Phi) is 5.38. The summed E-state index contributed by atoms with van der Waals surface area (Å²) in [6.45, 7) is 3.60. The van der Waals surface area contributed by atoms with Crippen LogP contribution in [0, 0.1) is 17.2 Å². The fourth-order valence-electron chi connectivity index (χ4n) is 1.30. The second-order valence-electron chi connectivity index (χ2n) is 3.46. The van der Waals surface area contributed by atoms with Gasteiger partial charge in [-0.25, -0.2) is 0 Å². The van der Waals surface area contributed by atoms with Crippen LogP contribution in [0.1, 0.15) is 18.9 Å². The van der Waals surface area contributed by atoms with Gasteiger partial charge in [-0.3, -0.25) is 0 Å². The topological polar surface area (TPSA) is 35.8 Å². The van der Waals surface area contributed by atoms with Crippen LogP contribution < -0.4 is 5.32 Å². The van der Waals surface area contributed by atoms with E-state index in [1.807, 2.05) is 25.1 Å². The molecular weight excluding hydrogens is 252 g/mol. The first kappa shape index (κ1) is 12.2. The molecule has 0 aromatic heterocycles. The highest BCUT2D eigenvalue weighted by molar-refractivity contribution is 9.10. The van der Waals surface area contributed by atoms with Crippen LogP contribution in [0.25, 0.3) is 0 Å². The zero-order valence-corrected chi connectivity index (χ0v) is 10.4. The van der Waals surface area contributed by atoms with Gasteiger partial charge >= 0.3 is 0 Å². The van der Waals surface area contributed by atoms with Crippen LogP contribution in [0.5, 0.6) is 0 Å². The highest BCUT2D eigenvalue weighted by atomic mass is 79.9. The Morgan fingerprint density at radius 2 is 2.20 bits per heavy atom. The van der Waals surface area contributed by atoms with Crippen LogP contribution in [0.2, 0.25) is 0 Å². The number of nitriles is 1. The third-order valence-electron chi connectivity index (χ3n) is 2.34. The maximum absolute atomic E-state index is 8.78. The van der Waals surface area contributed by atoms with Gasteiger partial charge in [-0.15, -0.1) is 0 Å². The molecule has 2 nitrogen and oxygen atoms in total. The van der Waals surface area contributed by atoms with Gasteiger partial charge in [-0.2, -0.15) is 5.26 Å². The van der Waals surface area contributed by atoms with E-state index in [-0.39, 0.29) is 5.92 Å². The number of hydrogen-bond acceptors (Lipinski definition) is 2. The number of nitrogens with one attached hydrogen (secondary N) is 1. The average molecular weight is 267 g/mol. The SMILES string of the molecule is CCC(C#N)CNCc1ccccc1Br. The van der Waals surface area contributed by atoms with Crippen LogP contribution in [-0.2, 0) is 6.54 Å². The van der Waals surface area contributed by atoms with Crippen molar-refractivity contribution in [1.29, 1.82) is 5.26 Å². The van der Waals surface area contributed by atoms with Gasteiger partial charge in [-0.05, 0) is 18.1 Å². The lowest BCUT2D eigenvalue weighted by molar-refractivity contribution is 0.552. The molecule has 1 aromatic rings. The molecule has 0 aliphatic rings. The molecule has 0 amide bonds. The summed E-state index contributed by atoms with van der Waals surface area (Å²) in [5, 5.41) is 12.1. The van der Waals surface area contributed by atoms with Gasteiger partial charge in [0.05, 0.1) is 12.0 Å². The molecule has 1 unspecified atom stereocenters. The molecule has 0 heterocycles. The predicted octanol–water partition coefficient (Wildman–Crippen LogP) is 3.09. The van der Waals surface area contributed by atoms with Crippen LogP contribution in [-0.4, -0.2) is 6.54 Å². The molecule has 0 aliphatic heterocycles. The maximum Gasteiger partial charge on any atom is 0.0669 e. The van der Waals surface area contributed by atoms with Gasteiger partial charge in [0, 0.05) is 17.6 Å². The van der Waals surface area contributed by atoms with Crippen molar-refractivity contribution in [2.75, 3.05) is 6.54 Å². The molecule has 1 N–H and O–H groups in total. The first-order valence-electron chi connectivity index (χ1n) is 5.11. The lowest BCUT2D eigenvalue weighted by Gasteiger charge is -2.09. The summed E-state index contributed by atoms with van der Waals surface area (Å²) >= 11 is 3.49. The molecule has 3 heteroatoms. The Labute approximate surface area is 99.4 Å². The van der Waals surface area contributed by atoms with E-state index in [0.29, 0.717) is 0 Å². The number of rotatable bonds is 5. The molecule has 1 rings (SSSR count).